The minimum atomic E-state index is -1.34. The summed E-state index contributed by atoms with van der Waals surface area (Å²) in [4.78, 5) is 0. The van der Waals surface area contributed by atoms with Crippen molar-refractivity contribution in [3.63, 3.8) is 0 Å². The molecule has 2 aromatic rings. The van der Waals surface area contributed by atoms with E-state index < -0.39 is 17.2 Å². The van der Waals surface area contributed by atoms with E-state index >= 15 is 0 Å². The van der Waals surface area contributed by atoms with Crippen LogP contribution in [0.4, 0.5) is 8.78 Å². The zero-order valence-electron chi connectivity index (χ0n) is 10.9. The predicted octanol–water partition coefficient (Wildman–Crippen LogP) is 3.29. The number of benzene rings is 2. The fraction of sp³-hybridized carbons (Fsp3) is 0.188. The number of nitrogens with zero attached hydrogens (tertiary/aromatic N) is 1. The van der Waals surface area contributed by atoms with E-state index in [0.29, 0.717) is 11.1 Å². The van der Waals surface area contributed by atoms with Crippen molar-refractivity contribution >= 4 is 0 Å². The normalized spacial score (nSPS) is 13.6. The van der Waals surface area contributed by atoms with Gasteiger partial charge in [0.25, 0.3) is 0 Å². The molecule has 0 saturated carbocycles. The van der Waals surface area contributed by atoms with Crippen molar-refractivity contribution in [2.75, 3.05) is 0 Å². The van der Waals surface area contributed by atoms with Gasteiger partial charge < -0.3 is 5.11 Å². The molecular weight excluding hydrogens is 260 g/mol. The van der Waals surface area contributed by atoms with Gasteiger partial charge in [-0.1, -0.05) is 18.2 Å². The van der Waals surface area contributed by atoms with Crippen LogP contribution in [0, 0.1) is 23.0 Å². The minimum absolute atomic E-state index is 0.00596. The molecule has 0 amide bonds. The molecule has 1 atom stereocenters. The van der Waals surface area contributed by atoms with Crippen LogP contribution in [0.2, 0.25) is 0 Å². The van der Waals surface area contributed by atoms with Gasteiger partial charge in [-0.2, -0.15) is 5.26 Å². The topological polar surface area (TPSA) is 44.0 Å². The first-order valence-corrected chi connectivity index (χ1v) is 6.09. The van der Waals surface area contributed by atoms with Crippen LogP contribution in [-0.2, 0) is 12.0 Å². The highest BCUT2D eigenvalue weighted by molar-refractivity contribution is 5.36. The van der Waals surface area contributed by atoms with Crippen LogP contribution in [0.1, 0.15) is 23.6 Å². The lowest BCUT2D eigenvalue weighted by Gasteiger charge is -2.24. The fourth-order valence-corrected chi connectivity index (χ4v) is 2.06. The Balaban J connectivity index is 2.32. The Bertz CT molecular complexity index is 674. The number of rotatable bonds is 3. The molecule has 0 bridgehead atoms. The minimum Gasteiger partial charge on any atom is -0.385 e. The Hall–Kier alpha value is -2.25. The van der Waals surface area contributed by atoms with Gasteiger partial charge in [0.15, 0.2) is 0 Å². The molecule has 102 valence electrons. The molecule has 2 nitrogen and oxygen atoms in total. The fourth-order valence-electron chi connectivity index (χ4n) is 2.06. The van der Waals surface area contributed by atoms with Gasteiger partial charge in [0, 0.05) is 12.5 Å². The van der Waals surface area contributed by atoms with Crippen LogP contribution < -0.4 is 0 Å². The van der Waals surface area contributed by atoms with E-state index in [0.717, 1.165) is 12.1 Å². The van der Waals surface area contributed by atoms with Crippen molar-refractivity contribution in [3.05, 3.63) is 70.8 Å². The third-order valence-corrected chi connectivity index (χ3v) is 3.16. The quantitative estimate of drug-likeness (QED) is 0.932. The van der Waals surface area contributed by atoms with E-state index in [-0.39, 0.29) is 12.0 Å². The third-order valence-electron chi connectivity index (χ3n) is 3.16. The smallest absolute Gasteiger partial charge is 0.129 e. The molecule has 4 heteroatoms. The number of aliphatic hydroxyl groups is 1. The van der Waals surface area contributed by atoms with E-state index in [1.54, 1.807) is 24.3 Å². The number of hydrogen-bond donors (Lipinski definition) is 1. The highest BCUT2D eigenvalue weighted by Crippen LogP contribution is 2.27. The molecule has 2 aromatic carbocycles. The molecule has 0 aliphatic carbocycles. The molecule has 2 rings (SSSR count). The van der Waals surface area contributed by atoms with Gasteiger partial charge in [-0.05, 0) is 36.2 Å². The summed E-state index contributed by atoms with van der Waals surface area (Å²) in [5, 5.41) is 19.3. The zero-order chi connectivity index (χ0) is 14.8. The van der Waals surface area contributed by atoms with Crippen molar-refractivity contribution in [2.45, 2.75) is 18.9 Å². The molecule has 0 aliphatic rings. The second-order valence-corrected chi connectivity index (χ2v) is 4.88. The molecule has 0 fully saturated rings. The summed E-state index contributed by atoms with van der Waals surface area (Å²) in [5.74, 6) is -1.35. The average molecular weight is 273 g/mol. The summed E-state index contributed by atoms with van der Waals surface area (Å²) in [6.45, 7) is 1.53. The second-order valence-electron chi connectivity index (χ2n) is 4.88. The lowest BCUT2D eigenvalue weighted by atomic mass is 9.88. The van der Waals surface area contributed by atoms with E-state index in [2.05, 4.69) is 0 Å². The lowest BCUT2D eigenvalue weighted by Crippen LogP contribution is -2.25. The summed E-state index contributed by atoms with van der Waals surface area (Å²) in [6, 6.07) is 11.7. The van der Waals surface area contributed by atoms with E-state index in [1.165, 1.54) is 13.0 Å². The molecule has 0 spiro atoms. The third kappa shape index (κ3) is 3.01. The highest BCUT2D eigenvalue weighted by atomic mass is 19.1. The Morgan fingerprint density at radius 2 is 1.95 bits per heavy atom. The molecular formula is C16H13F2NO. The number of nitriles is 1. The van der Waals surface area contributed by atoms with Gasteiger partial charge in [0.2, 0.25) is 0 Å². The molecule has 0 heterocycles. The predicted molar refractivity (Wildman–Crippen MR) is 70.8 cm³/mol. The highest BCUT2D eigenvalue weighted by Gasteiger charge is 2.25. The molecule has 0 saturated heterocycles. The summed E-state index contributed by atoms with van der Waals surface area (Å²) in [6.07, 6.45) is -0.00596. The first kappa shape index (κ1) is 14.2. The maximum absolute atomic E-state index is 13.6. The molecule has 1 unspecified atom stereocenters. The summed E-state index contributed by atoms with van der Waals surface area (Å²) >= 11 is 0. The Kier molecular flexibility index (Phi) is 3.82. The van der Waals surface area contributed by atoms with Crippen LogP contribution in [-0.4, -0.2) is 5.11 Å². The van der Waals surface area contributed by atoms with E-state index in [9.17, 15) is 13.9 Å². The average Bonchev–Trinajstić information content (AvgIpc) is 2.42. The van der Waals surface area contributed by atoms with E-state index in [4.69, 9.17) is 5.26 Å². The maximum Gasteiger partial charge on any atom is 0.129 e. The van der Waals surface area contributed by atoms with Crippen LogP contribution in [0.25, 0.3) is 0 Å². The van der Waals surface area contributed by atoms with Crippen molar-refractivity contribution in [1.29, 1.82) is 5.26 Å². The van der Waals surface area contributed by atoms with Gasteiger partial charge in [-0.3, -0.25) is 0 Å². The van der Waals surface area contributed by atoms with Crippen molar-refractivity contribution < 1.29 is 13.9 Å². The van der Waals surface area contributed by atoms with Crippen molar-refractivity contribution in [1.82, 2.24) is 0 Å². The van der Waals surface area contributed by atoms with Gasteiger partial charge in [-0.15, -0.1) is 0 Å². The second kappa shape index (κ2) is 5.40. The molecule has 0 aliphatic heterocycles. The SMILES string of the molecule is CC(O)(Cc1ccc(F)cc1F)c1cccc(C#N)c1. The van der Waals surface area contributed by atoms with Crippen LogP contribution >= 0.6 is 0 Å². The van der Waals surface area contributed by atoms with E-state index in [1.807, 2.05) is 6.07 Å². The van der Waals surface area contributed by atoms with Gasteiger partial charge in [0.05, 0.1) is 17.2 Å². The van der Waals surface area contributed by atoms with Crippen LogP contribution in [0.5, 0.6) is 0 Å². The Labute approximate surface area is 115 Å². The van der Waals surface area contributed by atoms with Crippen LogP contribution in [0.3, 0.4) is 0 Å². The summed E-state index contributed by atoms with van der Waals surface area (Å²) in [7, 11) is 0. The zero-order valence-corrected chi connectivity index (χ0v) is 10.9. The standard InChI is InChI=1S/C16H13F2NO/c1-16(20,13-4-2-3-11(7-13)10-19)9-12-5-6-14(17)8-15(12)18/h2-8,20H,9H2,1H3. The monoisotopic (exact) mass is 273 g/mol. The number of hydrogen-bond acceptors (Lipinski definition) is 2. The van der Waals surface area contributed by atoms with Crippen molar-refractivity contribution in [2.24, 2.45) is 0 Å². The Morgan fingerprint density at radius 1 is 1.20 bits per heavy atom. The maximum atomic E-state index is 13.6. The first-order valence-electron chi connectivity index (χ1n) is 6.09. The number of halogens is 2. The molecule has 20 heavy (non-hydrogen) atoms. The molecule has 0 aromatic heterocycles. The lowest BCUT2D eigenvalue weighted by molar-refractivity contribution is 0.0566. The first-order chi connectivity index (χ1) is 9.42. The van der Waals surface area contributed by atoms with Crippen molar-refractivity contribution in [3.8, 4) is 6.07 Å². The largest absolute Gasteiger partial charge is 0.385 e. The summed E-state index contributed by atoms with van der Waals surface area (Å²) in [5.41, 5.74) is -0.188. The molecule has 1 N–H and O–H groups in total. The molecule has 0 radical (unpaired) electrons. The Morgan fingerprint density at radius 3 is 2.60 bits per heavy atom. The van der Waals surface area contributed by atoms with Gasteiger partial charge in [-0.25, -0.2) is 8.78 Å². The van der Waals surface area contributed by atoms with Crippen LogP contribution in [0.15, 0.2) is 42.5 Å². The van der Waals surface area contributed by atoms with Gasteiger partial charge >= 0.3 is 0 Å². The summed E-state index contributed by atoms with van der Waals surface area (Å²) < 4.78 is 26.5. The van der Waals surface area contributed by atoms with Gasteiger partial charge in [0.1, 0.15) is 11.6 Å².